The quantitative estimate of drug-likeness (QED) is 0.189. The number of ether oxygens (including phenoxy) is 5. The van der Waals surface area contributed by atoms with Crippen LogP contribution in [0.1, 0.15) is 46.9 Å². The number of fused-ring (bicyclic) bond motifs is 1. The third-order valence-corrected chi connectivity index (χ3v) is 5.82. The van der Waals surface area contributed by atoms with Crippen molar-refractivity contribution in [3.05, 3.63) is 29.3 Å². The van der Waals surface area contributed by atoms with Crippen molar-refractivity contribution in [2.45, 2.75) is 32.2 Å². The fourth-order valence-electron chi connectivity index (χ4n) is 3.97. The van der Waals surface area contributed by atoms with Crippen LogP contribution in [0.2, 0.25) is 0 Å². The molecule has 13 heteroatoms. The number of imide groups is 2. The normalized spacial score (nSPS) is 16.8. The number of benzene rings is 1. The minimum atomic E-state index is -1.08. The topological polar surface area (TPSA) is 159 Å². The number of hydrogen-bond donors (Lipinski definition) is 2. The highest BCUT2D eigenvalue weighted by Gasteiger charge is 2.46. The van der Waals surface area contributed by atoms with Gasteiger partial charge in [-0.1, -0.05) is 13.0 Å². The first kappa shape index (κ1) is 30.2. The summed E-state index contributed by atoms with van der Waals surface area (Å²) >= 11 is 0. The van der Waals surface area contributed by atoms with Crippen molar-refractivity contribution < 1.29 is 47.7 Å². The first-order chi connectivity index (χ1) is 18.9. The fourth-order valence-corrected chi connectivity index (χ4v) is 3.97. The number of carbonyl (C=O) groups excluding carboxylic acids is 5. The molecule has 1 atom stereocenters. The number of nitrogens with one attached hydrogen (secondary N) is 2. The molecular weight excluding hydrogens is 514 g/mol. The van der Waals surface area contributed by atoms with Crippen molar-refractivity contribution in [3.8, 4) is 5.75 Å². The van der Waals surface area contributed by atoms with E-state index in [9.17, 15) is 24.0 Å². The summed E-state index contributed by atoms with van der Waals surface area (Å²) in [6.45, 7) is 5.71. The van der Waals surface area contributed by atoms with Crippen LogP contribution in [-0.2, 0) is 33.3 Å². The third-order valence-electron chi connectivity index (χ3n) is 5.82. The highest BCUT2D eigenvalue weighted by atomic mass is 16.6. The van der Waals surface area contributed by atoms with Crippen LogP contribution in [0.5, 0.6) is 5.75 Å². The van der Waals surface area contributed by atoms with E-state index in [1.54, 1.807) is 0 Å². The van der Waals surface area contributed by atoms with E-state index in [1.807, 2.05) is 6.92 Å². The number of nitrogens with zero attached hydrogens (tertiary/aromatic N) is 1. The molecule has 5 amide bonds. The highest BCUT2D eigenvalue weighted by Crippen LogP contribution is 2.33. The molecule has 1 unspecified atom stereocenters. The highest BCUT2D eigenvalue weighted by molar-refractivity contribution is 6.24. The van der Waals surface area contributed by atoms with Gasteiger partial charge in [0.15, 0.2) is 6.61 Å². The zero-order chi connectivity index (χ0) is 28.0. The lowest BCUT2D eigenvalue weighted by Crippen LogP contribution is -2.54. The van der Waals surface area contributed by atoms with Gasteiger partial charge in [-0.15, -0.1) is 0 Å². The van der Waals surface area contributed by atoms with Crippen molar-refractivity contribution in [1.82, 2.24) is 15.5 Å². The second-order valence-electron chi connectivity index (χ2n) is 8.71. The summed E-state index contributed by atoms with van der Waals surface area (Å²) in [5.74, 6) is -2.89. The van der Waals surface area contributed by atoms with E-state index >= 15 is 0 Å². The molecule has 0 aromatic heterocycles. The van der Waals surface area contributed by atoms with Crippen LogP contribution in [-0.4, -0.2) is 106 Å². The molecule has 2 N–H and O–H groups in total. The lowest BCUT2D eigenvalue weighted by molar-refractivity contribution is -0.136. The lowest BCUT2D eigenvalue weighted by Gasteiger charge is -2.27. The molecule has 0 radical (unpaired) electrons. The standard InChI is InChI=1S/C26H35N3O10/c1-2-9-35-11-13-37-15-16-38-14-12-36-10-8-27-22(31)17-39-20-5-3-4-18-23(20)26(34)29(25(18)33)19-6-7-21(30)28-24(19)32/h3-5,19H,2,6-17H2,1H3,(H,27,31)(H,28,30,32). The number of piperidine rings is 1. The van der Waals surface area contributed by atoms with E-state index < -0.39 is 35.6 Å². The second kappa shape index (κ2) is 15.9. The molecule has 214 valence electrons. The molecule has 1 aromatic carbocycles. The molecule has 2 aliphatic heterocycles. The average molecular weight is 550 g/mol. The Hall–Kier alpha value is -3.39. The van der Waals surface area contributed by atoms with E-state index in [0.717, 1.165) is 17.9 Å². The molecule has 0 bridgehead atoms. The Bertz CT molecular complexity index is 1030. The maximum absolute atomic E-state index is 13.0. The van der Waals surface area contributed by atoms with E-state index in [-0.39, 0.29) is 49.5 Å². The molecule has 0 saturated carbocycles. The van der Waals surface area contributed by atoms with Gasteiger partial charge in [0, 0.05) is 19.6 Å². The number of amides is 5. The molecule has 39 heavy (non-hydrogen) atoms. The zero-order valence-corrected chi connectivity index (χ0v) is 22.0. The van der Waals surface area contributed by atoms with Crippen molar-refractivity contribution in [2.75, 3.05) is 66.0 Å². The Balaban J connectivity index is 1.31. The van der Waals surface area contributed by atoms with Crippen LogP contribution in [0.25, 0.3) is 0 Å². The monoisotopic (exact) mass is 549 g/mol. The third kappa shape index (κ3) is 8.82. The van der Waals surface area contributed by atoms with Gasteiger partial charge in [-0.05, 0) is 25.0 Å². The molecule has 1 fully saturated rings. The summed E-state index contributed by atoms with van der Waals surface area (Å²) in [6, 6.07) is 3.36. The predicted octanol–water partition coefficient (Wildman–Crippen LogP) is 0.0592. The fraction of sp³-hybridized carbons (Fsp3) is 0.577. The molecule has 13 nitrogen and oxygen atoms in total. The molecule has 1 saturated heterocycles. The van der Waals surface area contributed by atoms with Crippen LogP contribution in [0, 0.1) is 0 Å². The van der Waals surface area contributed by atoms with Crippen molar-refractivity contribution in [2.24, 2.45) is 0 Å². The molecule has 0 spiro atoms. The van der Waals surface area contributed by atoms with Gasteiger partial charge >= 0.3 is 0 Å². The SMILES string of the molecule is CCCOCCOCCOCCOCCNC(=O)COc1cccc2c1C(=O)N(C1CCC(=O)NC1=O)C2=O. The van der Waals surface area contributed by atoms with E-state index in [1.165, 1.54) is 18.2 Å². The summed E-state index contributed by atoms with van der Waals surface area (Å²) in [5, 5.41) is 4.79. The molecule has 2 heterocycles. The molecule has 1 aromatic rings. The van der Waals surface area contributed by atoms with Gasteiger partial charge in [0.25, 0.3) is 17.7 Å². The van der Waals surface area contributed by atoms with Crippen LogP contribution in [0.15, 0.2) is 18.2 Å². The number of carbonyl (C=O) groups is 5. The van der Waals surface area contributed by atoms with Gasteiger partial charge in [-0.2, -0.15) is 0 Å². The second-order valence-corrected chi connectivity index (χ2v) is 8.71. The summed E-state index contributed by atoms with van der Waals surface area (Å²) in [5.41, 5.74) is 0.0596. The van der Waals surface area contributed by atoms with Crippen LogP contribution >= 0.6 is 0 Å². The minimum absolute atomic E-state index is 0.0152. The van der Waals surface area contributed by atoms with Gasteiger partial charge < -0.3 is 29.0 Å². The van der Waals surface area contributed by atoms with Crippen LogP contribution in [0.4, 0.5) is 0 Å². The summed E-state index contributed by atoms with van der Waals surface area (Å²) in [4.78, 5) is 62.6. The zero-order valence-electron chi connectivity index (χ0n) is 22.0. The first-order valence-electron chi connectivity index (χ1n) is 13.0. The Morgan fingerprint density at radius 1 is 0.923 bits per heavy atom. The summed E-state index contributed by atoms with van der Waals surface area (Å²) in [6.07, 6.45) is 1.05. The Labute approximate surface area is 226 Å². The van der Waals surface area contributed by atoms with Gasteiger partial charge in [0.2, 0.25) is 11.8 Å². The molecular formula is C26H35N3O10. The Kier molecular flexibility index (Phi) is 12.3. The van der Waals surface area contributed by atoms with E-state index in [0.29, 0.717) is 39.6 Å². The van der Waals surface area contributed by atoms with E-state index in [4.69, 9.17) is 23.7 Å². The van der Waals surface area contributed by atoms with Gasteiger partial charge in [-0.3, -0.25) is 34.2 Å². The van der Waals surface area contributed by atoms with Crippen LogP contribution < -0.4 is 15.4 Å². The van der Waals surface area contributed by atoms with Crippen molar-refractivity contribution in [3.63, 3.8) is 0 Å². The van der Waals surface area contributed by atoms with E-state index in [2.05, 4.69) is 10.6 Å². The Morgan fingerprint density at radius 2 is 1.56 bits per heavy atom. The summed E-state index contributed by atoms with van der Waals surface area (Å²) in [7, 11) is 0. The van der Waals surface area contributed by atoms with Crippen molar-refractivity contribution in [1.29, 1.82) is 0 Å². The lowest BCUT2D eigenvalue weighted by atomic mass is 10.0. The maximum Gasteiger partial charge on any atom is 0.266 e. The molecule has 2 aliphatic rings. The maximum atomic E-state index is 13.0. The Morgan fingerprint density at radius 3 is 2.21 bits per heavy atom. The first-order valence-corrected chi connectivity index (χ1v) is 13.0. The smallest absolute Gasteiger partial charge is 0.266 e. The van der Waals surface area contributed by atoms with Crippen molar-refractivity contribution >= 4 is 29.5 Å². The number of rotatable bonds is 18. The van der Waals surface area contributed by atoms with Gasteiger partial charge in [0.05, 0.1) is 57.4 Å². The largest absolute Gasteiger partial charge is 0.483 e. The van der Waals surface area contributed by atoms with Gasteiger partial charge in [-0.25, -0.2) is 0 Å². The summed E-state index contributed by atoms with van der Waals surface area (Å²) < 4.78 is 27.0. The molecule has 0 aliphatic carbocycles. The average Bonchev–Trinajstić information content (AvgIpc) is 3.17. The van der Waals surface area contributed by atoms with Crippen LogP contribution in [0.3, 0.4) is 0 Å². The number of hydrogen-bond acceptors (Lipinski definition) is 10. The predicted molar refractivity (Wildman–Crippen MR) is 135 cm³/mol. The minimum Gasteiger partial charge on any atom is -0.483 e. The molecule has 3 rings (SSSR count). The van der Waals surface area contributed by atoms with Gasteiger partial charge in [0.1, 0.15) is 11.8 Å².